The van der Waals surface area contributed by atoms with Gasteiger partial charge in [-0.15, -0.1) is 11.3 Å². The number of nitrogens with zero attached hydrogens (tertiary/aromatic N) is 1. The van der Waals surface area contributed by atoms with Crippen LogP contribution in [0, 0.1) is 0 Å². The second-order valence-corrected chi connectivity index (χ2v) is 11.3. The summed E-state index contributed by atoms with van der Waals surface area (Å²) in [5, 5.41) is 7.73. The molecule has 8 rings (SSSR count). The lowest BCUT2D eigenvalue weighted by atomic mass is 10.0. The highest BCUT2D eigenvalue weighted by atomic mass is 32.1. The summed E-state index contributed by atoms with van der Waals surface area (Å²) >= 11 is 1.87. The maximum atomic E-state index is 2.37. The number of rotatable bonds is 4. The van der Waals surface area contributed by atoms with E-state index in [4.69, 9.17) is 0 Å². The number of anilines is 3. The molecule has 2 heteroatoms. The summed E-state index contributed by atoms with van der Waals surface area (Å²) in [5.41, 5.74) is 5.87. The topological polar surface area (TPSA) is 3.24 Å². The van der Waals surface area contributed by atoms with Crippen LogP contribution in [0.3, 0.4) is 0 Å². The summed E-state index contributed by atoms with van der Waals surface area (Å²) in [4.78, 5) is 2.37. The van der Waals surface area contributed by atoms with Crippen molar-refractivity contribution in [3.63, 3.8) is 0 Å². The van der Waals surface area contributed by atoms with Gasteiger partial charge in [0, 0.05) is 37.2 Å². The fourth-order valence-electron chi connectivity index (χ4n) is 5.88. The highest BCUT2D eigenvalue weighted by Crippen LogP contribution is 2.42. The van der Waals surface area contributed by atoms with Crippen LogP contribution in [-0.2, 0) is 0 Å². The van der Waals surface area contributed by atoms with Gasteiger partial charge in [-0.3, -0.25) is 0 Å². The standard InChI is InChI=1S/C38H25NS/c1-2-8-26(9-3-1)28-14-18-31(19-15-28)39(32-20-16-27-10-4-5-11-29(27)24-32)33-21-22-34-30(25-33)17-23-37-38(34)35-12-6-7-13-36(35)40-37/h1-25H. The van der Waals surface area contributed by atoms with Crippen molar-refractivity contribution in [2.75, 3.05) is 4.90 Å². The Labute approximate surface area is 237 Å². The van der Waals surface area contributed by atoms with E-state index in [0.717, 1.165) is 17.1 Å². The molecule has 1 nitrogen and oxygen atoms in total. The molecule has 0 bridgehead atoms. The van der Waals surface area contributed by atoms with Crippen LogP contribution in [0.25, 0.3) is 52.8 Å². The second kappa shape index (κ2) is 9.37. The smallest absolute Gasteiger partial charge is 0.0468 e. The number of benzene rings is 7. The van der Waals surface area contributed by atoms with Gasteiger partial charge in [-0.05, 0) is 81.2 Å². The molecule has 0 unspecified atom stereocenters. The average Bonchev–Trinajstić information content (AvgIpc) is 3.41. The first-order valence-electron chi connectivity index (χ1n) is 13.6. The summed E-state index contributed by atoms with van der Waals surface area (Å²) < 4.78 is 2.68. The molecule has 0 aliphatic rings. The van der Waals surface area contributed by atoms with Gasteiger partial charge in [0.2, 0.25) is 0 Å². The van der Waals surface area contributed by atoms with E-state index in [1.165, 1.54) is 52.8 Å². The predicted molar refractivity (Wildman–Crippen MR) is 174 cm³/mol. The first-order valence-corrected chi connectivity index (χ1v) is 14.4. The fourth-order valence-corrected chi connectivity index (χ4v) is 7.00. The lowest BCUT2D eigenvalue weighted by Crippen LogP contribution is -2.09. The van der Waals surface area contributed by atoms with Crippen LogP contribution in [0.1, 0.15) is 0 Å². The lowest BCUT2D eigenvalue weighted by molar-refractivity contribution is 1.29. The van der Waals surface area contributed by atoms with E-state index < -0.39 is 0 Å². The summed E-state index contributed by atoms with van der Waals surface area (Å²) in [6, 6.07) is 55.0. The predicted octanol–water partition coefficient (Wildman–Crippen LogP) is 11.5. The third-order valence-corrected chi connectivity index (χ3v) is 8.96. The molecule has 188 valence electrons. The van der Waals surface area contributed by atoms with Crippen molar-refractivity contribution in [3.05, 3.63) is 152 Å². The first kappa shape index (κ1) is 23.0. The molecular formula is C38H25NS. The van der Waals surface area contributed by atoms with Gasteiger partial charge in [0.05, 0.1) is 0 Å². The maximum absolute atomic E-state index is 2.37. The molecule has 40 heavy (non-hydrogen) atoms. The SMILES string of the molecule is c1ccc(-c2ccc(N(c3ccc4ccccc4c3)c3ccc4c(ccc5sc6ccccc6c54)c3)cc2)cc1. The average molecular weight is 528 g/mol. The molecule has 1 aromatic heterocycles. The van der Waals surface area contributed by atoms with Gasteiger partial charge in [-0.2, -0.15) is 0 Å². The van der Waals surface area contributed by atoms with Crippen molar-refractivity contribution in [1.29, 1.82) is 0 Å². The second-order valence-electron chi connectivity index (χ2n) is 10.2. The molecule has 0 aliphatic heterocycles. The molecule has 0 radical (unpaired) electrons. The van der Waals surface area contributed by atoms with Gasteiger partial charge in [-0.1, -0.05) is 103 Å². The van der Waals surface area contributed by atoms with E-state index >= 15 is 0 Å². The van der Waals surface area contributed by atoms with E-state index in [2.05, 4.69) is 157 Å². The summed E-state index contributed by atoms with van der Waals surface area (Å²) in [6.07, 6.45) is 0. The van der Waals surface area contributed by atoms with Gasteiger partial charge < -0.3 is 4.90 Å². The zero-order valence-electron chi connectivity index (χ0n) is 21.8. The Morgan fingerprint density at radius 1 is 0.375 bits per heavy atom. The molecule has 1 heterocycles. The van der Waals surface area contributed by atoms with Crippen molar-refractivity contribution in [2.24, 2.45) is 0 Å². The van der Waals surface area contributed by atoms with E-state index in [0.29, 0.717) is 0 Å². The molecule has 0 amide bonds. The molecule has 0 atom stereocenters. The van der Waals surface area contributed by atoms with E-state index in [1.807, 2.05) is 11.3 Å². The molecule has 8 aromatic rings. The van der Waals surface area contributed by atoms with Crippen LogP contribution in [0.5, 0.6) is 0 Å². The Balaban J connectivity index is 1.31. The van der Waals surface area contributed by atoms with Crippen molar-refractivity contribution in [2.45, 2.75) is 0 Å². The van der Waals surface area contributed by atoms with Gasteiger partial charge in [-0.25, -0.2) is 0 Å². The number of hydrogen-bond acceptors (Lipinski definition) is 2. The van der Waals surface area contributed by atoms with Crippen molar-refractivity contribution >= 4 is 70.1 Å². The summed E-state index contributed by atoms with van der Waals surface area (Å²) in [6.45, 7) is 0. The Morgan fingerprint density at radius 2 is 1.00 bits per heavy atom. The third-order valence-electron chi connectivity index (χ3n) is 7.82. The number of thiophene rings is 1. The Hall–Kier alpha value is -4.92. The zero-order valence-corrected chi connectivity index (χ0v) is 22.6. The Bertz CT molecular complexity index is 2160. The molecule has 0 N–H and O–H groups in total. The highest BCUT2D eigenvalue weighted by Gasteiger charge is 2.16. The molecule has 0 spiro atoms. The first-order chi connectivity index (χ1) is 19.8. The third kappa shape index (κ3) is 3.85. The number of fused-ring (bicyclic) bond motifs is 6. The Morgan fingerprint density at radius 3 is 1.85 bits per heavy atom. The van der Waals surface area contributed by atoms with E-state index in [1.54, 1.807) is 0 Å². The monoisotopic (exact) mass is 527 g/mol. The highest BCUT2D eigenvalue weighted by molar-refractivity contribution is 7.26. The molecular weight excluding hydrogens is 502 g/mol. The van der Waals surface area contributed by atoms with E-state index in [-0.39, 0.29) is 0 Å². The maximum Gasteiger partial charge on any atom is 0.0468 e. The van der Waals surface area contributed by atoms with Gasteiger partial charge in [0.15, 0.2) is 0 Å². The minimum Gasteiger partial charge on any atom is -0.310 e. The van der Waals surface area contributed by atoms with Gasteiger partial charge in [0.1, 0.15) is 0 Å². The van der Waals surface area contributed by atoms with Gasteiger partial charge in [0.25, 0.3) is 0 Å². The van der Waals surface area contributed by atoms with Crippen LogP contribution in [0.15, 0.2) is 152 Å². The molecule has 7 aromatic carbocycles. The number of hydrogen-bond donors (Lipinski definition) is 0. The van der Waals surface area contributed by atoms with Crippen LogP contribution < -0.4 is 4.90 Å². The summed E-state index contributed by atoms with van der Waals surface area (Å²) in [5.74, 6) is 0. The molecule has 0 fully saturated rings. The van der Waals surface area contributed by atoms with Crippen LogP contribution in [0.2, 0.25) is 0 Å². The minimum atomic E-state index is 1.14. The fraction of sp³-hybridized carbons (Fsp3) is 0. The van der Waals surface area contributed by atoms with Crippen LogP contribution in [-0.4, -0.2) is 0 Å². The minimum absolute atomic E-state index is 1.14. The molecule has 0 aliphatic carbocycles. The Kier molecular flexibility index (Phi) is 5.39. The zero-order chi connectivity index (χ0) is 26.5. The lowest BCUT2D eigenvalue weighted by Gasteiger charge is -2.26. The van der Waals surface area contributed by atoms with Crippen molar-refractivity contribution in [1.82, 2.24) is 0 Å². The van der Waals surface area contributed by atoms with Crippen LogP contribution in [0.4, 0.5) is 17.1 Å². The van der Waals surface area contributed by atoms with Crippen molar-refractivity contribution < 1.29 is 0 Å². The van der Waals surface area contributed by atoms with Crippen molar-refractivity contribution in [3.8, 4) is 11.1 Å². The quantitative estimate of drug-likeness (QED) is 0.220. The summed E-state index contributed by atoms with van der Waals surface area (Å²) in [7, 11) is 0. The molecule has 0 saturated heterocycles. The van der Waals surface area contributed by atoms with Crippen LogP contribution >= 0.6 is 11.3 Å². The van der Waals surface area contributed by atoms with E-state index in [9.17, 15) is 0 Å². The van der Waals surface area contributed by atoms with Gasteiger partial charge >= 0.3 is 0 Å². The molecule has 0 saturated carbocycles. The largest absolute Gasteiger partial charge is 0.310 e. The normalized spacial score (nSPS) is 11.5.